The molecule has 0 amide bonds. The normalized spacial score (nSPS) is 14.2. The van der Waals surface area contributed by atoms with E-state index in [4.69, 9.17) is 0 Å². The molecule has 0 saturated carbocycles. The minimum Gasteiger partial charge on any atom is -0.0576 e. The molecule has 0 aliphatic heterocycles. The highest BCUT2D eigenvalue weighted by atomic mass is 79.9. The van der Waals surface area contributed by atoms with Gasteiger partial charge in [-0.25, -0.2) is 0 Å². The molecular weight excluding hydrogens is 256 g/mol. The van der Waals surface area contributed by atoms with Crippen LogP contribution in [-0.4, -0.2) is 0 Å². The average molecular weight is 262 g/mol. The van der Waals surface area contributed by atoms with E-state index in [1.54, 1.807) is 0 Å². The minimum absolute atomic E-state index is 1.17. The average Bonchev–Trinajstić information content (AvgIpc) is 1.82. The molecule has 2 rings (SSSR count). The van der Waals surface area contributed by atoms with Gasteiger partial charge in [0.25, 0.3) is 0 Å². The molecule has 0 unspecified atom stereocenters. The van der Waals surface area contributed by atoms with E-state index in [0.29, 0.717) is 0 Å². The molecule has 52 valence electrons. The van der Waals surface area contributed by atoms with Gasteiger partial charge in [-0.2, -0.15) is 0 Å². The Hall–Kier alpha value is 0.180. The molecule has 0 bridgehead atoms. The third kappa shape index (κ3) is 0.857. The SMILES string of the molecule is Brc1ccc2c(c1Br)CC2. The fourth-order valence-corrected chi connectivity index (χ4v) is 2.18. The molecule has 1 aromatic rings. The first-order valence-corrected chi connectivity index (χ1v) is 4.83. The smallest absolute Gasteiger partial charge is 0.0352 e. The van der Waals surface area contributed by atoms with Gasteiger partial charge in [-0.1, -0.05) is 6.07 Å². The highest BCUT2D eigenvalue weighted by Gasteiger charge is 2.16. The summed E-state index contributed by atoms with van der Waals surface area (Å²) < 4.78 is 2.42. The minimum atomic E-state index is 1.17. The Morgan fingerprint density at radius 1 is 1.10 bits per heavy atom. The molecule has 1 aliphatic rings. The summed E-state index contributed by atoms with van der Waals surface area (Å²) in [5, 5.41) is 0. The second-order valence-corrected chi connectivity index (χ2v) is 4.15. The zero-order valence-electron chi connectivity index (χ0n) is 5.32. The lowest BCUT2D eigenvalue weighted by molar-refractivity contribution is 0.830. The molecule has 0 N–H and O–H groups in total. The van der Waals surface area contributed by atoms with Gasteiger partial charge >= 0.3 is 0 Å². The van der Waals surface area contributed by atoms with Gasteiger partial charge in [0.2, 0.25) is 0 Å². The van der Waals surface area contributed by atoms with E-state index in [9.17, 15) is 0 Å². The lowest BCUT2D eigenvalue weighted by Gasteiger charge is -2.20. The number of rotatable bonds is 0. The summed E-state index contributed by atoms with van der Waals surface area (Å²) in [6.07, 6.45) is 2.48. The van der Waals surface area contributed by atoms with E-state index in [0.717, 1.165) is 0 Å². The van der Waals surface area contributed by atoms with Crippen molar-refractivity contribution in [3.05, 3.63) is 32.2 Å². The van der Waals surface area contributed by atoms with Crippen LogP contribution in [-0.2, 0) is 12.8 Å². The molecular formula is C8H6Br2. The maximum absolute atomic E-state index is 3.53. The first kappa shape index (κ1) is 6.86. The Bertz CT molecular complexity index is 264. The Morgan fingerprint density at radius 3 is 2.40 bits per heavy atom. The maximum atomic E-state index is 3.53. The third-order valence-corrected chi connectivity index (χ3v) is 4.04. The molecule has 1 aromatic carbocycles. The number of aryl methyl sites for hydroxylation is 1. The number of fused-ring (bicyclic) bond motifs is 1. The van der Waals surface area contributed by atoms with E-state index in [1.165, 1.54) is 32.9 Å². The van der Waals surface area contributed by atoms with E-state index in [-0.39, 0.29) is 0 Å². The monoisotopic (exact) mass is 260 g/mol. The van der Waals surface area contributed by atoms with Crippen LogP contribution in [0.5, 0.6) is 0 Å². The molecule has 10 heavy (non-hydrogen) atoms. The molecule has 0 atom stereocenters. The van der Waals surface area contributed by atoms with Crippen molar-refractivity contribution in [2.24, 2.45) is 0 Å². The molecule has 1 aliphatic carbocycles. The lowest BCUT2D eigenvalue weighted by Crippen LogP contribution is -2.08. The van der Waals surface area contributed by atoms with Crippen molar-refractivity contribution < 1.29 is 0 Å². The van der Waals surface area contributed by atoms with Crippen molar-refractivity contribution in [2.45, 2.75) is 12.8 Å². The Balaban J connectivity index is 2.66. The first-order valence-electron chi connectivity index (χ1n) is 3.25. The standard InChI is InChI=1S/C8H6Br2/c9-7-4-2-5-1-3-6(5)8(7)10/h2,4H,1,3H2. The highest BCUT2D eigenvalue weighted by molar-refractivity contribution is 9.13. The second kappa shape index (κ2) is 2.35. The van der Waals surface area contributed by atoms with Gasteiger partial charge in [-0.05, 0) is 61.9 Å². The van der Waals surface area contributed by atoms with Crippen molar-refractivity contribution >= 4 is 31.9 Å². The van der Waals surface area contributed by atoms with E-state index in [2.05, 4.69) is 44.0 Å². The maximum Gasteiger partial charge on any atom is 0.0352 e. The van der Waals surface area contributed by atoms with Crippen LogP contribution in [0.3, 0.4) is 0 Å². The fourth-order valence-electron chi connectivity index (χ4n) is 1.22. The van der Waals surface area contributed by atoms with Crippen molar-refractivity contribution in [1.29, 1.82) is 0 Å². The summed E-state index contributed by atoms with van der Waals surface area (Å²) >= 11 is 7.00. The Morgan fingerprint density at radius 2 is 1.90 bits per heavy atom. The summed E-state index contributed by atoms with van der Waals surface area (Å²) in [7, 11) is 0. The van der Waals surface area contributed by atoms with Gasteiger partial charge in [0.1, 0.15) is 0 Å². The number of benzene rings is 1. The molecule has 0 spiro atoms. The van der Waals surface area contributed by atoms with Crippen molar-refractivity contribution in [2.75, 3.05) is 0 Å². The van der Waals surface area contributed by atoms with Crippen LogP contribution in [0, 0.1) is 0 Å². The number of hydrogen-bond donors (Lipinski definition) is 0. The molecule has 0 heterocycles. The second-order valence-electron chi connectivity index (χ2n) is 2.50. The highest BCUT2D eigenvalue weighted by Crippen LogP contribution is 2.35. The fraction of sp³-hybridized carbons (Fsp3) is 0.250. The van der Waals surface area contributed by atoms with E-state index >= 15 is 0 Å². The van der Waals surface area contributed by atoms with E-state index in [1.807, 2.05) is 0 Å². The summed E-state index contributed by atoms with van der Waals surface area (Å²) in [5.41, 5.74) is 2.98. The number of hydrogen-bond acceptors (Lipinski definition) is 0. The van der Waals surface area contributed by atoms with Crippen LogP contribution in [0.15, 0.2) is 21.1 Å². The molecule has 0 nitrogen and oxygen atoms in total. The van der Waals surface area contributed by atoms with Gasteiger partial charge in [0.15, 0.2) is 0 Å². The predicted molar refractivity (Wildman–Crippen MR) is 49.3 cm³/mol. The Labute approximate surface area is 76.9 Å². The van der Waals surface area contributed by atoms with Crippen molar-refractivity contribution in [3.63, 3.8) is 0 Å². The predicted octanol–water partition coefficient (Wildman–Crippen LogP) is 3.31. The summed E-state index contributed by atoms with van der Waals surface area (Å²) in [4.78, 5) is 0. The first-order chi connectivity index (χ1) is 4.79. The summed E-state index contributed by atoms with van der Waals surface area (Å²) in [6, 6.07) is 4.29. The molecule has 0 aromatic heterocycles. The lowest BCUT2D eigenvalue weighted by atomic mass is 9.89. The van der Waals surface area contributed by atoms with Gasteiger partial charge in [0.05, 0.1) is 0 Å². The topological polar surface area (TPSA) is 0 Å². The van der Waals surface area contributed by atoms with Gasteiger partial charge in [-0.3, -0.25) is 0 Å². The van der Waals surface area contributed by atoms with Crippen LogP contribution in [0.25, 0.3) is 0 Å². The summed E-state index contributed by atoms with van der Waals surface area (Å²) in [6.45, 7) is 0. The zero-order chi connectivity index (χ0) is 7.14. The Kier molecular flexibility index (Phi) is 1.61. The molecule has 0 radical (unpaired) electrons. The molecule has 2 heteroatoms. The summed E-state index contributed by atoms with van der Waals surface area (Å²) in [5.74, 6) is 0. The van der Waals surface area contributed by atoms with Crippen LogP contribution < -0.4 is 0 Å². The molecule has 0 fully saturated rings. The number of halogens is 2. The van der Waals surface area contributed by atoms with E-state index < -0.39 is 0 Å². The van der Waals surface area contributed by atoms with Crippen LogP contribution in [0.2, 0.25) is 0 Å². The van der Waals surface area contributed by atoms with Gasteiger partial charge in [-0.15, -0.1) is 0 Å². The van der Waals surface area contributed by atoms with Gasteiger partial charge < -0.3 is 0 Å². The molecule has 0 saturated heterocycles. The zero-order valence-corrected chi connectivity index (χ0v) is 8.50. The van der Waals surface area contributed by atoms with Crippen molar-refractivity contribution in [3.8, 4) is 0 Å². The van der Waals surface area contributed by atoms with Crippen LogP contribution >= 0.6 is 31.9 Å². The largest absolute Gasteiger partial charge is 0.0576 e. The quantitative estimate of drug-likeness (QED) is 0.672. The van der Waals surface area contributed by atoms with Crippen LogP contribution in [0.1, 0.15) is 11.1 Å². The van der Waals surface area contributed by atoms with Crippen LogP contribution in [0.4, 0.5) is 0 Å². The van der Waals surface area contributed by atoms with Crippen molar-refractivity contribution in [1.82, 2.24) is 0 Å². The third-order valence-electron chi connectivity index (χ3n) is 1.94. The van der Waals surface area contributed by atoms with Gasteiger partial charge in [0, 0.05) is 8.95 Å².